The Morgan fingerprint density at radius 3 is 2.74 bits per heavy atom. The van der Waals surface area contributed by atoms with Gasteiger partial charge in [-0.3, -0.25) is 4.98 Å². The lowest BCUT2D eigenvalue weighted by Crippen LogP contribution is -2.07. The van der Waals surface area contributed by atoms with Gasteiger partial charge < -0.3 is 9.84 Å². The highest BCUT2D eigenvalue weighted by Gasteiger charge is 2.14. The minimum Gasteiger partial charge on any atom is -0.491 e. The molecule has 1 atom stereocenters. The van der Waals surface area contributed by atoms with Gasteiger partial charge in [0.25, 0.3) is 0 Å². The lowest BCUT2D eigenvalue weighted by Gasteiger charge is -2.15. The Bertz CT molecular complexity index is 557. The SMILES string of the molecule is CC(C)Oc1cccc(C(O)c2ccncc2Cl)c1. The van der Waals surface area contributed by atoms with Gasteiger partial charge in [0.15, 0.2) is 0 Å². The molecule has 100 valence electrons. The highest BCUT2D eigenvalue weighted by Crippen LogP contribution is 2.29. The molecule has 0 aliphatic carbocycles. The van der Waals surface area contributed by atoms with Crippen molar-refractivity contribution in [2.75, 3.05) is 0 Å². The third-order valence-corrected chi connectivity index (χ3v) is 2.96. The number of aliphatic hydroxyl groups excluding tert-OH is 1. The minimum absolute atomic E-state index is 0.0944. The molecule has 0 fully saturated rings. The summed E-state index contributed by atoms with van der Waals surface area (Å²) in [4.78, 5) is 3.91. The summed E-state index contributed by atoms with van der Waals surface area (Å²) in [6.45, 7) is 3.92. The molecule has 0 aliphatic heterocycles. The van der Waals surface area contributed by atoms with E-state index in [1.165, 1.54) is 6.20 Å². The van der Waals surface area contributed by atoms with Gasteiger partial charge in [-0.05, 0) is 37.6 Å². The Labute approximate surface area is 117 Å². The first-order chi connectivity index (χ1) is 9.08. The predicted molar refractivity (Wildman–Crippen MR) is 75.5 cm³/mol. The maximum Gasteiger partial charge on any atom is 0.120 e. The molecule has 0 amide bonds. The standard InChI is InChI=1S/C15H16ClNO2/c1-10(2)19-12-5-3-4-11(8-12)15(18)13-6-7-17-9-14(13)16/h3-10,15,18H,1-2H3. The van der Waals surface area contributed by atoms with Gasteiger partial charge in [0.05, 0.1) is 11.1 Å². The lowest BCUT2D eigenvalue weighted by atomic mass is 10.0. The molecule has 2 rings (SSSR count). The van der Waals surface area contributed by atoms with Gasteiger partial charge in [-0.2, -0.15) is 0 Å². The summed E-state index contributed by atoms with van der Waals surface area (Å²) in [5.41, 5.74) is 1.38. The van der Waals surface area contributed by atoms with Gasteiger partial charge in [0.2, 0.25) is 0 Å². The monoisotopic (exact) mass is 277 g/mol. The van der Waals surface area contributed by atoms with Gasteiger partial charge in [-0.15, -0.1) is 0 Å². The fourth-order valence-corrected chi connectivity index (χ4v) is 2.04. The topological polar surface area (TPSA) is 42.4 Å². The summed E-state index contributed by atoms with van der Waals surface area (Å²) in [7, 11) is 0. The van der Waals surface area contributed by atoms with Crippen molar-refractivity contribution in [1.29, 1.82) is 0 Å². The van der Waals surface area contributed by atoms with Crippen LogP contribution in [0.4, 0.5) is 0 Å². The molecule has 1 N–H and O–H groups in total. The molecule has 0 radical (unpaired) electrons. The number of aromatic nitrogens is 1. The van der Waals surface area contributed by atoms with Crippen LogP contribution in [0.25, 0.3) is 0 Å². The van der Waals surface area contributed by atoms with E-state index in [0.29, 0.717) is 10.6 Å². The third kappa shape index (κ3) is 3.46. The molecule has 19 heavy (non-hydrogen) atoms. The van der Waals surface area contributed by atoms with Crippen molar-refractivity contribution >= 4 is 11.6 Å². The van der Waals surface area contributed by atoms with E-state index >= 15 is 0 Å². The lowest BCUT2D eigenvalue weighted by molar-refractivity contribution is 0.216. The van der Waals surface area contributed by atoms with E-state index in [-0.39, 0.29) is 6.10 Å². The largest absolute Gasteiger partial charge is 0.491 e. The fraction of sp³-hybridized carbons (Fsp3) is 0.267. The third-order valence-electron chi connectivity index (χ3n) is 2.64. The van der Waals surface area contributed by atoms with Crippen LogP contribution in [-0.2, 0) is 0 Å². The van der Waals surface area contributed by atoms with E-state index in [2.05, 4.69) is 4.98 Å². The summed E-state index contributed by atoms with van der Waals surface area (Å²) < 4.78 is 5.61. The number of benzene rings is 1. The van der Waals surface area contributed by atoms with E-state index in [1.807, 2.05) is 38.1 Å². The quantitative estimate of drug-likeness (QED) is 0.928. The molecule has 1 aromatic heterocycles. The van der Waals surface area contributed by atoms with Crippen LogP contribution in [0.15, 0.2) is 42.7 Å². The molecule has 0 saturated carbocycles. The van der Waals surface area contributed by atoms with Crippen molar-refractivity contribution in [2.45, 2.75) is 26.1 Å². The number of rotatable bonds is 4. The summed E-state index contributed by atoms with van der Waals surface area (Å²) >= 11 is 6.04. The van der Waals surface area contributed by atoms with Crippen molar-refractivity contribution in [3.8, 4) is 5.75 Å². The zero-order chi connectivity index (χ0) is 13.8. The van der Waals surface area contributed by atoms with E-state index < -0.39 is 6.10 Å². The molecule has 2 aromatic rings. The number of halogens is 1. The molecule has 1 unspecified atom stereocenters. The van der Waals surface area contributed by atoms with E-state index in [0.717, 1.165) is 11.3 Å². The van der Waals surface area contributed by atoms with Crippen LogP contribution < -0.4 is 4.74 Å². The van der Waals surface area contributed by atoms with Gasteiger partial charge >= 0.3 is 0 Å². The number of aliphatic hydroxyl groups is 1. The average Bonchev–Trinajstić information content (AvgIpc) is 2.38. The minimum atomic E-state index is -0.786. The van der Waals surface area contributed by atoms with Crippen LogP contribution in [0.3, 0.4) is 0 Å². The van der Waals surface area contributed by atoms with Crippen molar-refractivity contribution in [3.05, 3.63) is 58.9 Å². The Morgan fingerprint density at radius 1 is 1.26 bits per heavy atom. The molecule has 0 saturated heterocycles. The molecule has 0 bridgehead atoms. The first-order valence-corrected chi connectivity index (χ1v) is 6.50. The van der Waals surface area contributed by atoms with Crippen LogP contribution in [0.2, 0.25) is 5.02 Å². The average molecular weight is 278 g/mol. The van der Waals surface area contributed by atoms with Crippen molar-refractivity contribution in [3.63, 3.8) is 0 Å². The summed E-state index contributed by atoms with van der Waals surface area (Å²) in [5.74, 6) is 0.733. The zero-order valence-electron chi connectivity index (χ0n) is 10.9. The van der Waals surface area contributed by atoms with Gasteiger partial charge in [0.1, 0.15) is 11.9 Å². The van der Waals surface area contributed by atoms with Crippen molar-refractivity contribution in [1.82, 2.24) is 4.98 Å². The summed E-state index contributed by atoms with van der Waals surface area (Å²) in [5, 5.41) is 10.8. The second kappa shape index (κ2) is 6.04. The maximum absolute atomic E-state index is 10.4. The van der Waals surface area contributed by atoms with Gasteiger partial charge in [-0.1, -0.05) is 23.7 Å². The van der Waals surface area contributed by atoms with Crippen LogP contribution in [0.5, 0.6) is 5.75 Å². The van der Waals surface area contributed by atoms with Crippen molar-refractivity contribution < 1.29 is 9.84 Å². The molecular weight excluding hydrogens is 262 g/mol. The second-order valence-electron chi connectivity index (χ2n) is 4.54. The molecule has 4 heteroatoms. The normalized spacial score (nSPS) is 12.5. The van der Waals surface area contributed by atoms with Crippen LogP contribution in [0, 0.1) is 0 Å². The molecule has 3 nitrogen and oxygen atoms in total. The Balaban J connectivity index is 2.29. The predicted octanol–water partition coefficient (Wildman–Crippen LogP) is 3.60. The van der Waals surface area contributed by atoms with E-state index in [9.17, 15) is 5.11 Å². The van der Waals surface area contributed by atoms with E-state index in [4.69, 9.17) is 16.3 Å². The molecular formula is C15H16ClNO2. The molecule has 0 spiro atoms. The highest BCUT2D eigenvalue weighted by molar-refractivity contribution is 6.31. The number of nitrogens with zero attached hydrogens (tertiary/aromatic N) is 1. The van der Waals surface area contributed by atoms with E-state index in [1.54, 1.807) is 12.3 Å². The molecule has 1 aromatic carbocycles. The first kappa shape index (κ1) is 13.8. The second-order valence-corrected chi connectivity index (χ2v) is 4.95. The number of pyridine rings is 1. The maximum atomic E-state index is 10.4. The van der Waals surface area contributed by atoms with Gasteiger partial charge in [-0.25, -0.2) is 0 Å². The van der Waals surface area contributed by atoms with Crippen molar-refractivity contribution in [2.24, 2.45) is 0 Å². The number of ether oxygens (including phenoxy) is 1. The summed E-state index contributed by atoms with van der Waals surface area (Å²) in [6, 6.07) is 9.09. The van der Waals surface area contributed by atoms with Crippen LogP contribution in [-0.4, -0.2) is 16.2 Å². The fourth-order valence-electron chi connectivity index (χ4n) is 1.82. The Kier molecular flexibility index (Phi) is 4.40. The first-order valence-electron chi connectivity index (χ1n) is 6.12. The molecule has 0 aliphatic rings. The summed E-state index contributed by atoms with van der Waals surface area (Å²) in [6.07, 6.45) is 2.44. The highest BCUT2D eigenvalue weighted by atomic mass is 35.5. The Morgan fingerprint density at radius 2 is 2.05 bits per heavy atom. The van der Waals surface area contributed by atoms with Crippen LogP contribution in [0.1, 0.15) is 31.1 Å². The van der Waals surface area contributed by atoms with Gasteiger partial charge in [0, 0.05) is 18.0 Å². The zero-order valence-corrected chi connectivity index (χ0v) is 11.6. The van der Waals surface area contributed by atoms with Crippen LogP contribution >= 0.6 is 11.6 Å². The Hall–Kier alpha value is -1.58. The number of hydrogen-bond donors (Lipinski definition) is 1. The smallest absolute Gasteiger partial charge is 0.120 e. The molecule has 1 heterocycles. The number of hydrogen-bond acceptors (Lipinski definition) is 3.